The van der Waals surface area contributed by atoms with Crippen LogP contribution in [0.25, 0.3) is 0 Å². The van der Waals surface area contributed by atoms with E-state index in [9.17, 15) is 9.18 Å². The third-order valence-electron chi connectivity index (χ3n) is 2.78. The number of nitrogens with zero attached hydrogens (tertiary/aromatic N) is 2. The fourth-order valence-corrected chi connectivity index (χ4v) is 2.14. The zero-order valence-corrected chi connectivity index (χ0v) is 12.1. The van der Waals surface area contributed by atoms with Crippen molar-refractivity contribution in [1.82, 2.24) is 9.88 Å². The molecule has 0 aliphatic rings. The maximum absolute atomic E-state index is 13.7. The summed E-state index contributed by atoms with van der Waals surface area (Å²) in [7, 11) is 1.57. The summed E-state index contributed by atoms with van der Waals surface area (Å²) >= 11 is 11.7. The third-order valence-corrected chi connectivity index (χ3v) is 3.34. The highest BCUT2D eigenvalue weighted by atomic mass is 35.5. The van der Waals surface area contributed by atoms with Gasteiger partial charge >= 0.3 is 0 Å². The van der Waals surface area contributed by atoms with Gasteiger partial charge in [-0.1, -0.05) is 29.3 Å². The lowest BCUT2D eigenvalue weighted by molar-refractivity contribution is 0.0784. The number of hydrogen-bond donors (Lipinski definition) is 0. The van der Waals surface area contributed by atoms with Crippen molar-refractivity contribution in [3.8, 4) is 0 Å². The molecule has 1 aromatic heterocycles. The Kier molecular flexibility index (Phi) is 4.57. The van der Waals surface area contributed by atoms with Gasteiger partial charge in [0, 0.05) is 35.9 Å². The van der Waals surface area contributed by atoms with Gasteiger partial charge in [-0.3, -0.25) is 4.79 Å². The Bertz CT molecular complexity index is 629. The molecule has 0 atom stereocenters. The van der Waals surface area contributed by atoms with E-state index in [2.05, 4.69) is 4.98 Å². The van der Waals surface area contributed by atoms with Gasteiger partial charge in [0.25, 0.3) is 5.91 Å². The average molecular weight is 313 g/mol. The fraction of sp³-hybridized carbons (Fsp3) is 0.143. The van der Waals surface area contributed by atoms with Crippen molar-refractivity contribution in [3.63, 3.8) is 0 Å². The maximum atomic E-state index is 13.7. The van der Waals surface area contributed by atoms with Gasteiger partial charge < -0.3 is 4.90 Å². The van der Waals surface area contributed by atoms with Crippen molar-refractivity contribution in [1.29, 1.82) is 0 Å². The molecular weight excluding hydrogens is 302 g/mol. The van der Waals surface area contributed by atoms with Crippen LogP contribution in [0.3, 0.4) is 0 Å². The lowest BCUT2D eigenvalue weighted by Crippen LogP contribution is -2.26. The molecule has 0 aliphatic heterocycles. The molecule has 0 N–H and O–H groups in total. The molecule has 0 spiro atoms. The molecule has 1 aromatic carbocycles. The van der Waals surface area contributed by atoms with Crippen molar-refractivity contribution >= 4 is 29.1 Å². The summed E-state index contributed by atoms with van der Waals surface area (Å²) in [5.74, 6) is -0.724. The van der Waals surface area contributed by atoms with Crippen LogP contribution < -0.4 is 0 Å². The number of benzene rings is 1. The van der Waals surface area contributed by atoms with Gasteiger partial charge in [-0.25, -0.2) is 9.37 Å². The first-order valence-electron chi connectivity index (χ1n) is 5.79. The number of carbonyl (C=O) groups is 1. The quantitative estimate of drug-likeness (QED) is 0.808. The smallest absolute Gasteiger partial charge is 0.254 e. The second-order valence-corrected chi connectivity index (χ2v) is 5.02. The number of amides is 1. The van der Waals surface area contributed by atoms with E-state index in [1.54, 1.807) is 19.2 Å². The molecule has 2 rings (SSSR count). The molecule has 6 heteroatoms. The second-order valence-electron chi connectivity index (χ2n) is 4.23. The van der Waals surface area contributed by atoms with Crippen LogP contribution in [0.5, 0.6) is 0 Å². The summed E-state index contributed by atoms with van der Waals surface area (Å²) in [5, 5.41) is 0.519. The minimum Gasteiger partial charge on any atom is -0.337 e. The number of pyridine rings is 1. The monoisotopic (exact) mass is 312 g/mol. The Morgan fingerprint density at radius 3 is 2.75 bits per heavy atom. The second kappa shape index (κ2) is 6.20. The zero-order chi connectivity index (χ0) is 14.7. The van der Waals surface area contributed by atoms with E-state index in [1.807, 2.05) is 0 Å². The molecule has 3 nitrogen and oxygen atoms in total. The van der Waals surface area contributed by atoms with Crippen LogP contribution in [0, 0.1) is 5.82 Å². The lowest BCUT2D eigenvalue weighted by Gasteiger charge is -2.18. The molecular formula is C14H11Cl2FN2O. The number of hydrogen-bond acceptors (Lipinski definition) is 2. The maximum Gasteiger partial charge on any atom is 0.254 e. The van der Waals surface area contributed by atoms with Crippen molar-refractivity contribution in [2.75, 3.05) is 7.05 Å². The molecule has 0 saturated heterocycles. The molecule has 104 valence electrons. The van der Waals surface area contributed by atoms with Gasteiger partial charge in [0.2, 0.25) is 0 Å². The van der Waals surface area contributed by atoms with Gasteiger partial charge in [0.05, 0.1) is 0 Å². The molecule has 1 heterocycles. The number of aromatic nitrogens is 1. The number of rotatable bonds is 3. The van der Waals surface area contributed by atoms with E-state index >= 15 is 0 Å². The molecule has 0 aliphatic carbocycles. The first-order valence-corrected chi connectivity index (χ1v) is 6.54. The summed E-state index contributed by atoms with van der Waals surface area (Å²) in [6.07, 6.45) is 1.44. The molecule has 1 amide bonds. The minimum absolute atomic E-state index is 0.0737. The molecule has 0 saturated carbocycles. The van der Waals surface area contributed by atoms with Gasteiger partial charge in [-0.15, -0.1) is 0 Å². The predicted octanol–water partition coefficient (Wildman–Crippen LogP) is 3.80. The van der Waals surface area contributed by atoms with Gasteiger partial charge in [0.1, 0.15) is 11.0 Å². The molecule has 0 radical (unpaired) electrons. The predicted molar refractivity (Wildman–Crippen MR) is 76.5 cm³/mol. The van der Waals surface area contributed by atoms with Crippen LogP contribution in [0.1, 0.15) is 15.9 Å². The molecule has 0 bridgehead atoms. The van der Waals surface area contributed by atoms with E-state index in [0.29, 0.717) is 5.56 Å². The third kappa shape index (κ3) is 3.26. The van der Waals surface area contributed by atoms with E-state index in [1.165, 1.54) is 29.3 Å². The Balaban J connectivity index is 2.20. The van der Waals surface area contributed by atoms with Crippen LogP contribution in [-0.4, -0.2) is 22.8 Å². The largest absolute Gasteiger partial charge is 0.337 e. The number of halogens is 3. The summed E-state index contributed by atoms with van der Waals surface area (Å²) < 4.78 is 13.7. The van der Waals surface area contributed by atoms with Crippen molar-refractivity contribution in [2.24, 2.45) is 0 Å². The first-order chi connectivity index (χ1) is 9.49. The highest BCUT2D eigenvalue weighted by Gasteiger charge is 2.16. The van der Waals surface area contributed by atoms with Crippen molar-refractivity contribution < 1.29 is 9.18 Å². The summed E-state index contributed by atoms with van der Waals surface area (Å²) in [6.45, 7) is 0.0737. The first kappa shape index (κ1) is 14.8. The van der Waals surface area contributed by atoms with Crippen LogP contribution in [-0.2, 0) is 6.54 Å². The Labute approximate surface area is 125 Å². The van der Waals surface area contributed by atoms with E-state index in [-0.39, 0.29) is 28.2 Å². The normalized spacial score (nSPS) is 10.4. The van der Waals surface area contributed by atoms with Gasteiger partial charge in [0.15, 0.2) is 0 Å². The minimum atomic E-state index is -0.440. The summed E-state index contributed by atoms with van der Waals surface area (Å²) in [4.78, 5) is 17.4. The SMILES string of the molecule is CN(Cc1c(F)cccc1Cl)C(=O)c1ccnc(Cl)c1. The van der Waals surface area contributed by atoms with Crippen LogP contribution in [0.4, 0.5) is 4.39 Å². The van der Waals surface area contributed by atoms with Crippen molar-refractivity contribution in [3.05, 3.63) is 63.6 Å². The highest BCUT2D eigenvalue weighted by Crippen LogP contribution is 2.21. The van der Waals surface area contributed by atoms with E-state index in [4.69, 9.17) is 23.2 Å². The topological polar surface area (TPSA) is 33.2 Å². The van der Waals surface area contributed by atoms with Crippen LogP contribution in [0.2, 0.25) is 10.2 Å². The number of carbonyl (C=O) groups excluding carboxylic acids is 1. The lowest BCUT2D eigenvalue weighted by atomic mass is 10.2. The Morgan fingerprint density at radius 1 is 1.35 bits per heavy atom. The molecule has 0 unspecified atom stereocenters. The Hall–Kier alpha value is -1.65. The summed E-state index contributed by atoms with van der Waals surface area (Å²) in [6, 6.07) is 7.42. The van der Waals surface area contributed by atoms with Crippen molar-refractivity contribution in [2.45, 2.75) is 6.54 Å². The van der Waals surface area contributed by atoms with Crippen LogP contribution in [0.15, 0.2) is 36.5 Å². The average Bonchev–Trinajstić information content (AvgIpc) is 2.42. The molecule has 0 fully saturated rings. The Morgan fingerprint density at radius 2 is 2.10 bits per heavy atom. The highest BCUT2D eigenvalue weighted by molar-refractivity contribution is 6.31. The zero-order valence-electron chi connectivity index (χ0n) is 10.6. The van der Waals surface area contributed by atoms with E-state index in [0.717, 1.165) is 0 Å². The van der Waals surface area contributed by atoms with Crippen LogP contribution >= 0.6 is 23.2 Å². The fourth-order valence-electron chi connectivity index (χ4n) is 1.75. The van der Waals surface area contributed by atoms with Gasteiger partial charge in [-0.05, 0) is 24.3 Å². The summed E-state index contributed by atoms with van der Waals surface area (Å²) in [5.41, 5.74) is 0.671. The van der Waals surface area contributed by atoms with Gasteiger partial charge in [-0.2, -0.15) is 0 Å². The standard InChI is InChI=1S/C14H11Cl2FN2O/c1-19(8-10-11(15)3-2-4-12(10)17)14(20)9-5-6-18-13(16)7-9/h2-7H,8H2,1H3. The molecule has 2 aromatic rings. The van der Waals surface area contributed by atoms with E-state index < -0.39 is 5.82 Å². The molecule has 20 heavy (non-hydrogen) atoms.